The summed E-state index contributed by atoms with van der Waals surface area (Å²) in [7, 11) is 3.92. The normalized spacial score (nSPS) is 19.5. The molecule has 2 aliphatic rings. The van der Waals surface area contributed by atoms with E-state index < -0.39 is 17.7 Å². The van der Waals surface area contributed by atoms with Gasteiger partial charge in [-0.1, -0.05) is 28.1 Å². The van der Waals surface area contributed by atoms with Crippen molar-refractivity contribution >= 4 is 33.4 Å². The number of aliphatic hydroxyl groups excluding tert-OH is 1. The number of fused-ring (bicyclic) bond motifs is 1. The molecule has 0 radical (unpaired) electrons. The topological polar surface area (TPSA) is 79.3 Å². The lowest BCUT2D eigenvalue weighted by atomic mass is 9.95. The van der Waals surface area contributed by atoms with Crippen LogP contribution in [0.5, 0.6) is 11.5 Å². The molecule has 1 unspecified atom stereocenters. The average Bonchev–Trinajstić information content (AvgIpc) is 3.30. The van der Waals surface area contributed by atoms with Crippen molar-refractivity contribution in [3.05, 3.63) is 63.6 Å². The lowest BCUT2D eigenvalue weighted by Gasteiger charge is -2.26. The first-order chi connectivity index (χ1) is 14.9. The van der Waals surface area contributed by atoms with Crippen LogP contribution in [0.2, 0.25) is 0 Å². The SMILES string of the molecule is CN(C)CCCN1C(=O)C(=O)/C(=C(/O)c2ccc3c(c2)OCO3)C1c1cccc(Br)c1. The van der Waals surface area contributed by atoms with Crippen LogP contribution >= 0.6 is 15.9 Å². The zero-order valence-electron chi connectivity index (χ0n) is 17.3. The van der Waals surface area contributed by atoms with Gasteiger partial charge < -0.3 is 24.4 Å². The third-order valence-corrected chi connectivity index (χ3v) is 5.85. The summed E-state index contributed by atoms with van der Waals surface area (Å²) in [5, 5.41) is 11.1. The number of likely N-dealkylation sites (tertiary alicyclic amines) is 1. The van der Waals surface area contributed by atoms with E-state index >= 15 is 0 Å². The van der Waals surface area contributed by atoms with Crippen LogP contribution in [0.1, 0.15) is 23.6 Å². The van der Waals surface area contributed by atoms with E-state index in [1.54, 1.807) is 23.1 Å². The highest BCUT2D eigenvalue weighted by molar-refractivity contribution is 9.10. The molecule has 0 aliphatic carbocycles. The minimum Gasteiger partial charge on any atom is -0.507 e. The molecule has 0 aromatic heterocycles. The van der Waals surface area contributed by atoms with Crippen molar-refractivity contribution in [1.29, 1.82) is 0 Å². The van der Waals surface area contributed by atoms with Gasteiger partial charge in [-0.2, -0.15) is 0 Å². The molecule has 0 spiro atoms. The monoisotopic (exact) mass is 486 g/mol. The predicted molar refractivity (Wildman–Crippen MR) is 119 cm³/mol. The Morgan fingerprint density at radius 1 is 1.16 bits per heavy atom. The number of Topliss-reactive ketones (excluding diaryl/α,β-unsaturated/α-hetero) is 1. The van der Waals surface area contributed by atoms with Gasteiger partial charge in [0, 0.05) is 16.6 Å². The molecule has 1 fully saturated rings. The Morgan fingerprint density at radius 3 is 2.68 bits per heavy atom. The molecule has 0 bridgehead atoms. The summed E-state index contributed by atoms with van der Waals surface area (Å²) in [6.45, 7) is 1.28. The molecule has 4 rings (SSSR count). The van der Waals surface area contributed by atoms with Gasteiger partial charge in [-0.15, -0.1) is 0 Å². The molecule has 2 aliphatic heterocycles. The maximum Gasteiger partial charge on any atom is 0.295 e. The molecule has 1 saturated heterocycles. The first-order valence-corrected chi connectivity index (χ1v) is 10.7. The molecular weight excluding hydrogens is 464 g/mol. The summed E-state index contributed by atoms with van der Waals surface area (Å²) in [4.78, 5) is 29.6. The van der Waals surface area contributed by atoms with Gasteiger partial charge >= 0.3 is 0 Å². The molecule has 162 valence electrons. The predicted octanol–water partition coefficient (Wildman–Crippen LogP) is 3.55. The quantitative estimate of drug-likeness (QED) is 0.382. The molecule has 1 amide bonds. The summed E-state index contributed by atoms with van der Waals surface area (Å²) >= 11 is 3.46. The lowest BCUT2D eigenvalue weighted by molar-refractivity contribution is -0.139. The Morgan fingerprint density at radius 2 is 1.94 bits per heavy atom. The second-order valence-electron chi connectivity index (χ2n) is 7.77. The molecule has 0 saturated carbocycles. The van der Waals surface area contributed by atoms with Gasteiger partial charge in [-0.3, -0.25) is 9.59 Å². The second-order valence-corrected chi connectivity index (χ2v) is 8.69. The molecule has 1 N–H and O–H groups in total. The van der Waals surface area contributed by atoms with Crippen molar-refractivity contribution in [3.63, 3.8) is 0 Å². The third kappa shape index (κ3) is 4.18. The number of ketones is 1. The Hall–Kier alpha value is -2.84. The largest absolute Gasteiger partial charge is 0.507 e. The van der Waals surface area contributed by atoms with E-state index in [-0.39, 0.29) is 18.1 Å². The van der Waals surface area contributed by atoms with E-state index in [1.165, 1.54) is 0 Å². The van der Waals surface area contributed by atoms with E-state index in [0.29, 0.717) is 30.0 Å². The number of ether oxygens (including phenoxy) is 2. The van der Waals surface area contributed by atoms with Gasteiger partial charge in [-0.25, -0.2) is 0 Å². The van der Waals surface area contributed by atoms with Crippen molar-refractivity contribution < 1.29 is 24.2 Å². The smallest absolute Gasteiger partial charge is 0.295 e. The highest BCUT2D eigenvalue weighted by atomic mass is 79.9. The standard InChI is InChI=1S/C23H23BrN2O5/c1-25(2)9-4-10-26-20(14-5-3-6-16(24)11-14)19(22(28)23(26)29)21(27)15-7-8-17-18(12-15)31-13-30-17/h3,5-8,11-12,20,27H,4,9-10,13H2,1-2H3/b21-19+. The van der Waals surface area contributed by atoms with Gasteiger partial charge in [0.1, 0.15) is 5.76 Å². The highest BCUT2D eigenvalue weighted by Gasteiger charge is 2.45. The van der Waals surface area contributed by atoms with Crippen LogP contribution in [-0.4, -0.2) is 60.6 Å². The van der Waals surface area contributed by atoms with Crippen molar-refractivity contribution in [2.45, 2.75) is 12.5 Å². The maximum absolute atomic E-state index is 13.0. The molecule has 2 heterocycles. The van der Waals surface area contributed by atoms with Crippen LogP contribution in [0.3, 0.4) is 0 Å². The number of aliphatic hydroxyl groups is 1. The minimum atomic E-state index is -0.690. The van der Waals surface area contributed by atoms with Gasteiger partial charge in [0.25, 0.3) is 11.7 Å². The number of nitrogens with zero attached hydrogens (tertiary/aromatic N) is 2. The van der Waals surface area contributed by atoms with E-state index in [2.05, 4.69) is 15.9 Å². The van der Waals surface area contributed by atoms with Crippen molar-refractivity contribution in [1.82, 2.24) is 9.80 Å². The zero-order chi connectivity index (χ0) is 22.1. The number of hydrogen-bond acceptors (Lipinski definition) is 6. The van der Waals surface area contributed by atoms with Gasteiger partial charge in [0.2, 0.25) is 6.79 Å². The number of rotatable bonds is 6. The van der Waals surface area contributed by atoms with Gasteiger partial charge in [0.15, 0.2) is 11.5 Å². The number of carbonyl (C=O) groups is 2. The van der Waals surface area contributed by atoms with E-state index in [4.69, 9.17) is 9.47 Å². The lowest BCUT2D eigenvalue weighted by Crippen LogP contribution is -2.32. The highest BCUT2D eigenvalue weighted by Crippen LogP contribution is 2.41. The van der Waals surface area contributed by atoms with Crippen LogP contribution in [0, 0.1) is 0 Å². The van der Waals surface area contributed by atoms with E-state index in [9.17, 15) is 14.7 Å². The van der Waals surface area contributed by atoms with Crippen molar-refractivity contribution in [2.75, 3.05) is 34.0 Å². The molecule has 2 aromatic carbocycles. The van der Waals surface area contributed by atoms with Crippen molar-refractivity contribution in [2.24, 2.45) is 0 Å². The van der Waals surface area contributed by atoms with Crippen molar-refractivity contribution in [3.8, 4) is 11.5 Å². The van der Waals surface area contributed by atoms with E-state index in [1.807, 2.05) is 43.3 Å². The van der Waals surface area contributed by atoms with Gasteiger partial charge in [-0.05, 0) is 63.0 Å². The molecule has 1 atom stereocenters. The number of halogens is 1. The number of amides is 1. The number of hydrogen-bond donors (Lipinski definition) is 1. The molecule has 7 nitrogen and oxygen atoms in total. The Labute approximate surface area is 189 Å². The Balaban J connectivity index is 1.79. The second kappa shape index (κ2) is 8.72. The zero-order valence-corrected chi connectivity index (χ0v) is 18.9. The summed E-state index contributed by atoms with van der Waals surface area (Å²) < 4.78 is 11.5. The minimum absolute atomic E-state index is 0.0758. The fourth-order valence-corrected chi connectivity index (χ4v) is 4.31. The Kier molecular flexibility index (Phi) is 6.02. The average molecular weight is 487 g/mol. The summed E-state index contributed by atoms with van der Waals surface area (Å²) in [6.07, 6.45) is 0.703. The Bertz CT molecular complexity index is 1070. The van der Waals surface area contributed by atoms with E-state index in [0.717, 1.165) is 16.6 Å². The first kappa shape index (κ1) is 21.4. The van der Waals surface area contributed by atoms with Gasteiger partial charge in [0.05, 0.1) is 11.6 Å². The maximum atomic E-state index is 13.0. The fourth-order valence-electron chi connectivity index (χ4n) is 3.89. The molecule has 8 heteroatoms. The first-order valence-electron chi connectivity index (χ1n) is 9.95. The van der Waals surface area contributed by atoms with Crippen LogP contribution in [-0.2, 0) is 9.59 Å². The third-order valence-electron chi connectivity index (χ3n) is 5.35. The van der Waals surface area contributed by atoms with Crippen LogP contribution in [0.4, 0.5) is 0 Å². The summed E-state index contributed by atoms with van der Waals surface area (Å²) in [5.41, 5.74) is 1.23. The van der Waals surface area contributed by atoms with Crippen LogP contribution < -0.4 is 9.47 Å². The molecular formula is C23H23BrN2O5. The number of carbonyl (C=O) groups excluding carboxylic acids is 2. The van der Waals surface area contributed by atoms with Crippen LogP contribution in [0.25, 0.3) is 5.76 Å². The number of benzene rings is 2. The summed E-state index contributed by atoms with van der Waals surface area (Å²) in [6, 6.07) is 11.7. The fraction of sp³-hybridized carbons (Fsp3) is 0.304. The molecule has 2 aromatic rings. The summed E-state index contributed by atoms with van der Waals surface area (Å²) in [5.74, 6) is -0.458. The van der Waals surface area contributed by atoms with Crippen LogP contribution in [0.15, 0.2) is 52.5 Å². The molecule has 31 heavy (non-hydrogen) atoms.